The summed E-state index contributed by atoms with van der Waals surface area (Å²) >= 11 is 0. The lowest BCUT2D eigenvalue weighted by Gasteiger charge is -2.26. The predicted molar refractivity (Wildman–Crippen MR) is 120 cm³/mol. The Morgan fingerprint density at radius 2 is 1.69 bits per heavy atom. The normalized spacial score (nSPS) is 12.6. The highest BCUT2D eigenvalue weighted by Gasteiger charge is 2.14. The molecule has 0 saturated heterocycles. The van der Waals surface area contributed by atoms with Gasteiger partial charge in [-0.2, -0.15) is 0 Å². The van der Waals surface area contributed by atoms with Crippen molar-refractivity contribution in [2.75, 3.05) is 41.4 Å². The summed E-state index contributed by atoms with van der Waals surface area (Å²) < 4.78 is 10.7. The van der Waals surface area contributed by atoms with E-state index in [1.54, 1.807) is 14.2 Å². The van der Waals surface area contributed by atoms with Crippen LogP contribution in [0.2, 0.25) is 0 Å². The van der Waals surface area contributed by atoms with Crippen LogP contribution in [0.15, 0.2) is 47.5 Å². The molecule has 0 bridgehead atoms. The number of nitrogens with one attached hydrogen (secondary N) is 2. The van der Waals surface area contributed by atoms with E-state index in [1.807, 2.05) is 18.2 Å². The highest BCUT2D eigenvalue weighted by atomic mass is 16.5. The maximum absolute atomic E-state index is 5.38. The van der Waals surface area contributed by atoms with Crippen molar-refractivity contribution in [3.05, 3.63) is 59.2 Å². The molecule has 0 aliphatic rings. The number of likely N-dealkylation sites (N-methyl/N-ethyl adjacent to an activating group) is 1. The van der Waals surface area contributed by atoms with Gasteiger partial charge in [-0.05, 0) is 51.2 Å². The number of rotatable bonds is 9. The topological polar surface area (TPSA) is 58.1 Å². The Bertz CT molecular complexity index is 788. The number of aliphatic imine (C=N–C) groups is 1. The summed E-state index contributed by atoms with van der Waals surface area (Å²) in [6.07, 6.45) is 0. The lowest BCUT2D eigenvalue weighted by Crippen LogP contribution is -2.41. The lowest BCUT2D eigenvalue weighted by molar-refractivity contribution is 0.298. The third kappa shape index (κ3) is 6.68. The molecule has 2 aromatic carbocycles. The Hall–Kier alpha value is -2.73. The third-order valence-electron chi connectivity index (χ3n) is 4.76. The third-order valence-corrected chi connectivity index (χ3v) is 4.76. The van der Waals surface area contributed by atoms with Gasteiger partial charge in [-0.25, -0.2) is 4.99 Å². The number of methoxy groups -OCH3 is 2. The van der Waals surface area contributed by atoms with Crippen molar-refractivity contribution in [3.63, 3.8) is 0 Å². The molecule has 158 valence electrons. The molecule has 0 aromatic heterocycles. The van der Waals surface area contributed by atoms with Crippen molar-refractivity contribution in [1.29, 1.82) is 0 Å². The molecule has 0 saturated carbocycles. The average Bonchev–Trinajstić information content (AvgIpc) is 2.72. The lowest BCUT2D eigenvalue weighted by atomic mass is 10.0. The summed E-state index contributed by atoms with van der Waals surface area (Å²) in [5.74, 6) is 2.23. The molecule has 1 atom stereocenters. The van der Waals surface area contributed by atoms with E-state index in [0.717, 1.165) is 30.4 Å². The Labute approximate surface area is 174 Å². The van der Waals surface area contributed by atoms with Crippen LogP contribution in [0.3, 0.4) is 0 Å². The molecule has 0 aliphatic carbocycles. The Kier molecular flexibility index (Phi) is 8.80. The second kappa shape index (κ2) is 11.3. The summed E-state index contributed by atoms with van der Waals surface area (Å²) in [5, 5.41) is 6.80. The van der Waals surface area contributed by atoms with Crippen LogP contribution in [0.1, 0.15) is 29.7 Å². The molecule has 0 heterocycles. The number of guanidine groups is 1. The minimum atomic E-state index is 0.250. The zero-order valence-electron chi connectivity index (χ0n) is 18.5. The summed E-state index contributed by atoms with van der Waals surface area (Å²) in [6.45, 7) is 6.28. The van der Waals surface area contributed by atoms with E-state index in [1.165, 1.54) is 11.1 Å². The smallest absolute Gasteiger partial charge is 0.191 e. The van der Waals surface area contributed by atoms with Crippen LogP contribution in [0.5, 0.6) is 11.5 Å². The Balaban J connectivity index is 2.08. The molecular weight excluding hydrogens is 364 g/mol. The van der Waals surface area contributed by atoms with Crippen LogP contribution < -0.4 is 20.1 Å². The van der Waals surface area contributed by atoms with Gasteiger partial charge < -0.3 is 25.0 Å². The van der Waals surface area contributed by atoms with Crippen LogP contribution in [0.4, 0.5) is 0 Å². The number of hydrogen-bond donors (Lipinski definition) is 2. The van der Waals surface area contributed by atoms with Crippen molar-refractivity contribution in [1.82, 2.24) is 15.5 Å². The quantitative estimate of drug-likeness (QED) is 0.501. The fourth-order valence-corrected chi connectivity index (χ4v) is 3.07. The molecule has 0 fully saturated rings. The second-order valence-corrected chi connectivity index (χ2v) is 7.16. The van der Waals surface area contributed by atoms with E-state index in [-0.39, 0.29) is 6.04 Å². The van der Waals surface area contributed by atoms with Gasteiger partial charge in [-0.1, -0.05) is 35.9 Å². The van der Waals surface area contributed by atoms with Gasteiger partial charge >= 0.3 is 0 Å². The molecule has 1 unspecified atom stereocenters. The monoisotopic (exact) mass is 398 g/mol. The van der Waals surface area contributed by atoms with Gasteiger partial charge in [0.05, 0.1) is 26.8 Å². The highest BCUT2D eigenvalue weighted by Crippen LogP contribution is 2.27. The molecule has 0 amide bonds. The van der Waals surface area contributed by atoms with Gasteiger partial charge in [-0.15, -0.1) is 0 Å². The molecule has 6 nitrogen and oxygen atoms in total. The maximum Gasteiger partial charge on any atom is 0.191 e. The summed E-state index contributed by atoms with van der Waals surface area (Å²) in [7, 11) is 7.47. The average molecular weight is 399 g/mol. The molecule has 0 radical (unpaired) electrons. The summed E-state index contributed by atoms with van der Waals surface area (Å²) in [5.41, 5.74) is 3.61. The van der Waals surface area contributed by atoms with Crippen LogP contribution in [-0.4, -0.2) is 52.3 Å². The standard InChI is InChI=1S/C23H34N4O2/c1-7-24-23(25-15-18-10-13-21(28-5)22(14-18)29-6)26-16-20(27(3)4)19-11-8-17(2)9-12-19/h8-14,20H,7,15-16H2,1-6H3,(H2,24,25,26). The number of aryl methyl sites for hydroxylation is 1. The first-order chi connectivity index (χ1) is 14.0. The molecular formula is C23H34N4O2. The fraction of sp³-hybridized carbons (Fsp3) is 0.435. The van der Waals surface area contributed by atoms with Gasteiger partial charge in [0.2, 0.25) is 0 Å². The van der Waals surface area contributed by atoms with Gasteiger partial charge in [0.15, 0.2) is 17.5 Å². The Morgan fingerprint density at radius 1 is 1.00 bits per heavy atom. The van der Waals surface area contributed by atoms with Gasteiger partial charge in [-0.3, -0.25) is 0 Å². The molecule has 0 spiro atoms. The van der Waals surface area contributed by atoms with E-state index in [9.17, 15) is 0 Å². The first-order valence-electron chi connectivity index (χ1n) is 9.94. The van der Waals surface area contributed by atoms with Crippen LogP contribution in [0, 0.1) is 6.92 Å². The first-order valence-corrected chi connectivity index (χ1v) is 9.94. The molecule has 2 aromatic rings. The van der Waals surface area contributed by atoms with Gasteiger partial charge in [0.25, 0.3) is 0 Å². The van der Waals surface area contributed by atoms with Gasteiger partial charge in [0, 0.05) is 13.1 Å². The molecule has 0 aliphatic heterocycles. The summed E-state index contributed by atoms with van der Waals surface area (Å²) in [6, 6.07) is 14.8. The Morgan fingerprint density at radius 3 is 2.28 bits per heavy atom. The zero-order chi connectivity index (χ0) is 21.2. The fourth-order valence-electron chi connectivity index (χ4n) is 3.07. The number of ether oxygens (including phenoxy) is 2. The minimum Gasteiger partial charge on any atom is -0.493 e. The SMILES string of the molecule is CCNC(=NCc1ccc(OC)c(OC)c1)NCC(c1ccc(C)cc1)N(C)C. The summed E-state index contributed by atoms with van der Waals surface area (Å²) in [4.78, 5) is 6.95. The molecule has 2 rings (SSSR count). The largest absolute Gasteiger partial charge is 0.493 e. The molecule has 29 heavy (non-hydrogen) atoms. The number of benzene rings is 2. The number of nitrogens with zero attached hydrogens (tertiary/aromatic N) is 2. The van der Waals surface area contributed by atoms with Gasteiger partial charge in [0.1, 0.15) is 0 Å². The van der Waals surface area contributed by atoms with E-state index < -0.39 is 0 Å². The van der Waals surface area contributed by atoms with Crippen LogP contribution >= 0.6 is 0 Å². The van der Waals surface area contributed by atoms with Crippen molar-refractivity contribution in [3.8, 4) is 11.5 Å². The zero-order valence-corrected chi connectivity index (χ0v) is 18.5. The second-order valence-electron chi connectivity index (χ2n) is 7.16. The van der Waals surface area contributed by atoms with E-state index in [2.05, 4.69) is 67.7 Å². The van der Waals surface area contributed by atoms with Crippen molar-refractivity contribution in [2.24, 2.45) is 4.99 Å². The van der Waals surface area contributed by atoms with Crippen molar-refractivity contribution < 1.29 is 9.47 Å². The maximum atomic E-state index is 5.38. The van der Waals surface area contributed by atoms with E-state index in [4.69, 9.17) is 14.5 Å². The molecule has 6 heteroatoms. The van der Waals surface area contributed by atoms with Crippen molar-refractivity contribution in [2.45, 2.75) is 26.4 Å². The highest BCUT2D eigenvalue weighted by molar-refractivity contribution is 5.79. The van der Waals surface area contributed by atoms with Crippen LogP contribution in [-0.2, 0) is 6.54 Å². The van der Waals surface area contributed by atoms with Crippen molar-refractivity contribution >= 4 is 5.96 Å². The minimum absolute atomic E-state index is 0.250. The van der Waals surface area contributed by atoms with E-state index in [0.29, 0.717) is 12.3 Å². The first kappa shape index (κ1) is 22.6. The number of hydrogen-bond acceptors (Lipinski definition) is 4. The van der Waals surface area contributed by atoms with Crippen LogP contribution in [0.25, 0.3) is 0 Å². The molecule has 2 N–H and O–H groups in total. The predicted octanol–water partition coefficient (Wildman–Crippen LogP) is 3.37. The van der Waals surface area contributed by atoms with E-state index >= 15 is 0 Å².